The van der Waals surface area contributed by atoms with Crippen LogP contribution in [-0.4, -0.2) is 40.9 Å². The van der Waals surface area contributed by atoms with Crippen molar-refractivity contribution >= 4 is 21.0 Å². The zero-order valence-electron chi connectivity index (χ0n) is 18.0. The Morgan fingerprint density at radius 1 is 1.08 bits per heavy atom. The van der Waals surface area contributed by atoms with Gasteiger partial charge in [-0.2, -0.15) is 0 Å². The number of hydrogen-bond acceptors (Lipinski definition) is 5. The second kappa shape index (κ2) is 7.96. The summed E-state index contributed by atoms with van der Waals surface area (Å²) in [6.45, 7) is -0.722. The average Bonchev–Trinajstić information content (AvgIpc) is 3.27. The normalized spacial score (nSPS) is 17.5. The van der Waals surface area contributed by atoms with Crippen LogP contribution in [-0.2, 0) is 23.0 Å². The highest BCUT2D eigenvalue weighted by Crippen LogP contribution is 2.37. The fraction of sp³-hybridized carbons (Fsp3) is 0.238. The van der Waals surface area contributed by atoms with Gasteiger partial charge in [0.2, 0.25) is 10.0 Å². The first-order valence-electron chi connectivity index (χ1n) is 10.2. The van der Waals surface area contributed by atoms with E-state index in [1.54, 1.807) is 0 Å². The fourth-order valence-corrected chi connectivity index (χ4v) is 5.03. The highest BCUT2D eigenvalue weighted by atomic mass is 32.2. The van der Waals surface area contributed by atoms with Crippen molar-refractivity contribution in [1.82, 2.24) is 19.0 Å². The van der Waals surface area contributed by atoms with Gasteiger partial charge in [-0.05, 0) is 6.07 Å². The van der Waals surface area contributed by atoms with E-state index in [2.05, 4.69) is 5.16 Å². The number of halogens is 6. The van der Waals surface area contributed by atoms with Crippen LogP contribution in [0, 0.1) is 23.3 Å². The summed E-state index contributed by atoms with van der Waals surface area (Å²) < 4.78 is 118. The average molecular weight is 532 g/mol. The molecular weight excluding hydrogens is 518 g/mol. The third kappa shape index (κ3) is 3.97. The number of fused-ring (bicyclic) bond motifs is 2. The number of nitrogens with one attached hydrogen (secondary N) is 1. The van der Waals surface area contributed by atoms with E-state index in [-0.39, 0.29) is 16.7 Å². The molecule has 0 aliphatic carbocycles. The maximum Gasteiger partial charge on any atom is 0.334 e. The van der Waals surface area contributed by atoms with Gasteiger partial charge >= 0.3 is 5.69 Å². The topological polar surface area (TPSA) is 99.1 Å². The molecule has 0 spiro atoms. The molecule has 3 heterocycles. The van der Waals surface area contributed by atoms with Crippen LogP contribution in [0.15, 0.2) is 39.8 Å². The van der Waals surface area contributed by atoms with Crippen molar-refractivity contribution in [2.24, 2.45) is 0 Å². The van der Waals surface area contributed by atoms with Gasteiger partial charge in [-0.1, -0.05) is 5.16 Å². The number of aromatic nitrogens is 3. The van der Waals surface area contributed by atoms with Crippen molar-refractivity contribution in [2.45, 2.75) is 24.9 Å². The molecule has 0 amide bonds. The summed E-state index contributed by atoms with van der Waals surface area (Å²) in [5.41, 5.74) is -2.75. The van der Waals surface area contributed by atoms with Gasteiger partial charge in [0.05, 0.1) is 23.6 Å². The first kappa shape index (κ1) is 24.1. The quantitative estimate of drug-likeness (QED) is 0.408. The lowest BCUT2D eigenvalue weighted by atomic mass is 10.00. The molecule has 0 saturated carbocycles. The van der Waals surface area contributed by atoms with Crippen molar-refractivity contribution in [3.8, 4) is 16.9 Å². The lowest BCUT2D eigenvalue weighted by Crippen LogP contribution is -2.55. The maximum absolute atomic E-state index is 14.6. The Bertz CT molecular complexity index is 1690. The van der Waals surface area contributed by atoms with Gasteiger partial charge in [0.25, 0.3) is 5.92 Å². The zero-order chi connectivity index (χ0) is 26.2. The van der Waals surface area contributed by atoms with Crippen molar-refractivity contribution in [2.75, 3.05) is 6.26 Å². The Labute approximate surface area is 197 Å². The highest BCUT2D eigenvalue weighted by molar-refractivity contribution is 7.88. The Morgan fingerprint density at radius 2 is 1.72 bits per heavy atom. The second-order valence-electron chi connectivity index (χ2n) is 8.34. The van der Waals surface area contributed by atoms with E-state index in [1.807, 2.05) is 4.72 Å². The third-order valence-corrected chi connectivity index (χ3v) is 6.45. The molecule has 8 nitrogen and oxygen atoms in total. The number of nitrogens with zero attached hydrogens (tertiary/aromatic N) is 3. The number of imidazole rings is 1. The van der Waals surface area contributed by atoms with E-state index < -0.39 is 80.9 Å². The molecule has 4 aromatic rings. The molecule has 0 bridgehead atoms. The smallest absolute Gasteiger partial charge is 0.334 e. The first-order chi connectivity index (χ1) is 16.7. The summed E-state index contributed by atoms with van der Waals surface area (Å²) in [4.78, 5) is 13.1. The summed E-state index contributed by atoms with van der Waals surface area (Å²) >= 11 is 0. The number of rotatable bonds is 4. The predicted octanol–water partition coefficient (Wildman–Crippen LogP) is 3.11. The van der Waals surface area contributed by atoms with Crippen LogP contribution in [0.3, 0.4) is 0 Å². The van der Waals surface area contributed by atoms with Crippen molar-refractivity contribution in [1.29, 1.82) is 0 Å². The van der Waals surface area contributed by atoms with Gasteiger partial charge < -0.3 is 4.52 Å². The van der Waals surface area contributed by atoms with Crippen molar-refractivity contribution < 1.29 is 39.3 Å². The number of alkyl halides is 2. The molecule has 2 aromatic carbocycles. The molecule has 1 aliphatic heterocycles. The summed E-state index contributed by atoms with van der Waals surface area (Å²) in [7, 11) is -4.04. The Balaban J connectivity index is 1.71. The van der Waals surface area contributed by atoms with Gasteiger partial charge in [-0.15, -0.1) is 0 Å². The number of benzene rings is 2. The van der Waals surface area contributed by atoms with Crippen LogP contribution in [0.2, 0.25) is 0 Å². The molecule has 2 aromatic heterocycles. The SMILES string of the molecule is CS(=O)(=O)NC1Cn2c(cn(-c3noc4cc(F)cc(-c5c(F)cc(F)cc5F)c34)c2=O)CC1(F)F. The molecule has 1 atom stereocenters. The summed E-state index contributed by atoms with van der Waals surface area (Å²) in [6, 6.07) is 0.389. The molecular formula is C21H14F6N4O4S. The molecule has 36 heavy (non-hydrogen) atoms. The molecule has 5 rings (SSSR count). The van der Waals surface area contributed by atoms with Crippen LogP contribution < -0.4 is 10.4 Å². The fourth-order valence-electron chi connectivity index (χ4n) is 4.26. The second-order valence-corrected chi connectivity index (χ2v) is 10.1. The minimum absolute atomic E-state index is 0.185. The van der Waals surface area contributed by atoms with Gasteiger partial charge in [-0.3, -0.25) is 4.57 Å². The van der Waals surface area contributed by atoms with Crippen LogP contribution in [0.25, 0.3) is 27.9 Å². The molecule has 0 radical (unpaired) electrons. The monoisotopic (exact) mass is 532 g/mol. The van der Waals surface area contributed by atoms with E-state index in [9.17, 15) is 39.6 Å². The van der Waals surface area contributed by atoms with Crippen molar-refractivity contribution in [3.63, 3.8) is 0 Å². The van der Waals surface area contributed by atoms with E-state index >= 15 is 0 Å². The zero-order valence-corrected chi connectivity index (χ0v) is 18.8. The maximum atomic E-state index is 14.6. The lowest BCUT2D eigenvalue weighted by molar-refractivity contribution is -0.0467. The Morgan fingerprint density at radius 3 is 2.36 bits per heavy atom. The van der Waals surface area contributed by atoms with Crippen LogP contribution in [0.4, 0.5) is 26.3 Å². The van der Waals surface area contributed by atoms with Gasteiger partial charge in [0.15, 0.2) is 11.4 Å². The van der Waals surface area contributed by atoms with E-state index in [4.69, 9.17) is 4.52 Å². The molecule has 190 valence electrons. The number of hydrogen-bond donors (Lipinski definition) is 1. The molecule has 1 unspecified atom stereocenters. The third-order valence-electron chi connectivity index (χ3n) is 5.74. The van der Waals surface area contributed by atoms with Crippen LogP contribution in [0.1, 0.15) is 5.69 Å². The predicted molar refractivity (Wildman–Crippen MR) is 113 cm³/mol. The minimum Gasteiger partial charge on any atom is -0.354 e. The minimum atomic E-state index is -4.04. The van der Waals surface area contributed by atoms with E-state index in [0.29, 0.717) is 18.4 Å². The largest absolute Gasteiger partial charge is 0.354 e. The van der Waals surface area contributed by atoms with E-state index in [0.717, 1.165) is 27.5 Å². The summed E-state index contributed by atoms with van der Waals surface area (Å²) in [5.74, 6) is -8.90. The first-order valence-corrected chi connectivity index (χ1v) is 12.0. The van der Waals surface area contributed by atoms with Crippen LogP contribution in [0.5, 0.6) is 0 Å². The standard InChI is InChI=1S/C21H14F6N4O4S/c1-36(33,34)29-16-8-30-11(6-21(16,26)27)7-31(20(30)32)19-18-12(2-9(22)5-15(18)35-28-19)17-13(24)3-10(23)4-14(17)25/h2-5,7,16,29H,6,8H2,1H3. The van der Waals surface area contributed by atoms with Crippen LogP contribution >= 0.6 is 0 Å². The Hall–Kier alpha value is -3.59. The summed E-state index contributed by atoms with van der Waals surface area (Å²) in [5, 5.41) is 3.43. The summed E-state index contributed by atoms with van der Waals surface area (Å²) in [6.07, 6.45) is 0.679. The van der Waals surface area contributed by atoms with Gasteiger partial charge in [0.1, 0.15) is 29.3 Å². The molecule has 15 heteroatoms. The Kier molecular flexibility index (Phi) is 5.33. The highest BCUT2D eigenvalue weighted by Gasteiger charge is 2.46. The van der Waals surface area contributed by atoms with Gasteiger partial charge in [-0.25, -0.2) is 48.8 Å². The van der Waals surface area contributed by atoms with Crippen molar-refractivity contribution in [3.05, 3.63) is 69.9 Å². The van der Waals surface area contributed by atoms with Gasteiger partial charge in [0, 0.05) is 42.2 Å². The van der Waals surface area contributed by atoms with E-state index in [1.165, 1.54) is 0 Å². The molecule has 0 fully saturated rings. The number of sulfonamides is 1. The molecule has 1 N–H and O–H groups in total. The lowest BCUT2D eigenvalue weighted by Gasteiger charge is -2.31. The molecule has 1 aliphatic rings. The molecule has 0 saturated heterocycles.